The highest BCUT2D eigenvalue weighted by Crippen LogP contribution is 2.44. The van der Waals surface area contributed by atoms with Gasteiger partial charge in [0, 0.05) is 25.7 Å². The number of rotatable bonds is 6. The first-order chi connectivity index (χ1) is 14.2. The van der Waals surface area contributed by atoms with Gasteiger partial charge in [-0.2, -0.15) is 52.7 Å². The van der Waals surface area contributed by atoms with E-state index in [1.807, 2.05) is 0 Å². The molecule has 33 heavy (non-hydrogen) atoms. The number of hydrogen-bond donors (Lipinski definition) is 0. The van der Waals surface area contributed by atoms with Gasteiger partial charge in [0.15, 0.2) is 0 Å². The van der Waals surface area contributed by atoms with E-state index in [-0.39, 0.29) is 0 Å². The summed E-state index contributed by atoms with van der Waals surface area (Å²) < 4.78 is 184. The van der Waals surface area contributed by atoms with Crippen LogP contribution in [0.15, 0.2) is 0 Å². The molecule has 21 heteroatoms. The molecule has 0 N–H and O–H groups in total. The van der Waals surface area contributed by atoms with Crippen molar-refractivity contribution in [3.63, 3.8) is 0 Å². The van der Waals surface area contributed by atoms with E-state index in [1.54, 1.807) is 0 Å². The summed E-state index contributed by atoms with van der Waals surface area (Å²) in [5.41, 5.74) is 0. The van der Waals surface area contributed by atoms with Gasteiger partial charge in [-0.15, -0.1) is 0 Å². The zero-order valence-electron chi connectivity index (χ0n) is 17.2. The zero-order valence-corrected chi connectivity index (χ0v) is 20.2. The highest BCUT2D eigenvalue weighted by molar-refractivity contribution is 6.87. The molecule has 1 heterocycles. The average Bonchev–Trinajstić information content (AvgIpc) is 2.43. The minimum atomic E-state index is -6.09. The van der Waals surface area contributed by atoms with Gasteiger partial charge < -0.3 is 25.6 Å². The SMILES string of the molecule is CC(C)O[Si]1(C)O[Si](C)(OC(C(F)(F)F)C(F)(F)F)O[Si](C)(OC(C(F)(F)F)C(F)(F)F)O1. The molecule has 0 aliphatic carbocycles. The Morgan fingerprint density at radius 3 is 0.879 bits per heavy atom. The van der Waals surface area contributed by atoms with Crippen LogP contribution in [0.3, 0.4) is 0 Å². The molecule has 0 saturated carbocycles. The van der Waals surface area contributed by atoms with E-state index in [2.05, 4.69) is 8.85 Å². The van der Waals surface area contributed by atoms with Crippen LogP contribution in [-0.2, 0) is 25.6 Å². The smallest absolute Gasteiger partial charge is 0.373 e. The molecule has 0 amide bonds. The Morgan fingerprint density at radius 1 is 0.485 bits per heavy atom. The van der Waals surface area contributed by atoms with E-state index in [0.29, 0.717) is 13.1 Å². The average molecular weight is 571 g/mol. The van der Waals surface area contributed by atoms with Gasteiger partial charge in [0.05, 0.1) is 0 Å². The Labute approximate surface area is 182 Å². The minimum Gasteiger partial charge on any atom is -0.373 e. The fourth-order valence-electron chi connectivity index (χ4n) is 2.71. The van der Waals surface area contributed by atoms with Crippen LogP contribution in [0.1, 0.15) is 13.8 Å². The molecular formula is C12H18F12O6Si3. The maximum Gasteiger partial charge on any atom is 0.483 e. The van der Waals surface area contributed by atoms with E-state index in [4.69, 9.17) is 16.8 Å². The summed E-state index contributed by atoms with van der Waals surface area (Å²) in [5.74, 6) is 0. The fourth-order valence-corrected chi connectivity index (χ4v) is 15.8. The molecule has 1 aliphatic rings. The normalized spacial score (nSPS) is 30.5. The molecule has 1 saturated heterocycles. The Morgan fingerprint density at radius 2 is 0.697 bits per heavy atom. The van der Waals surface area contributed by atoms with Gasteiger partial charge in [0.25, 0.3) is 0 Å². The Bertz CT molecular complexity index is 607. The van der Waals surface area contributed by atoms with Crippen LogP contribution in [0.2, 0.25) is 19.6 Å². The fraction of sp³-hybridized carbons (Fsp3) is 1.00. The molecule has 0 bridgehead atoms. The topological polar surface area (TPSA) is 55.4 Å². The van der Waals surface area contributed by atoms with Gasteiger partial charge in [-0.25, -0.2) is 0 Å². The molecule has 1 aliphatic heterocycles. The summed E-state index contributed by atoms with van der Waals surface area (Å²) in [6.45, 7) is 4.22. The molecule has 6 nitrogen and oxygen atoms in total. The van der Waals surface area contributed by atoms with Crippen LogP contribution < -0.4 is 0 Å². The molecule has 198 valence electrons. The van der Waals surface area contributed by atoms with E-state index < -0.39 is 69.4 Å². The quantitative estimate of drug-likeness (QED) is 0.323. The van der Waals surface area contributed by atoms with Crippen LogP contribution in [0.25, 0.3) is 0 Å². The van der Waals surface area contributed by atoms with Gasteiger partial charge in [-0.3, -0.25) is 0 Å². The van der Waals surface area contributed by atoms with Crippen LogP contribution in [0, 0.1) is 0 Å². The van der Waals surface area contributed by atoms with Crippen molar-refractivity contribution in [2.45, 2.75) is 76.5 Å². The van der Waals surface area contributed by atoms with Crippen LogP contribution in [-0.4, -0.2) is 69.4 Å². The van der Waals surface area contributed by atoms with Crippen molar-refractivity contribution in [2.24, 2.45) is 0 Å². The van der Waals surface area contributed by atoms with Gasteiger partial charge in [0.2, 0.25) is 12.2 Å². The van der Waals surface area contributed by atoms with Crippen molar-refractivity contribution in [1.29, 1.82) is 0 Å². The third kappa shape index (κ3) is 8.63. The van der Waals surface area contributed by atoms with E-state index in [9.17, 15) is 52.7 Å². The minimum absolute atomic E-state index is 0.416. The lowest BCUT2D eigenvalue weighted by molar-refractivity contribution is -0.313. The Balaban J connectivity index is 3.49. The number of halogens is 12. The monoisotopic (exact) mass is 570 g/mol. The lowest BCUT2D eigenvalue weighted by Gasteiger charge is -2.48. The molecule has 0 spiro atoms. The van der Waals surface area contributed by atoms with E-state index in [1.165, 1.54) is 13.8 Å². The van der Waals surface area contributed by atoms with Crippen molar-refractivity contribution in [3.05, 3.63) is 0 Å². The maximum atomic E-state index is 13.0. The van der Waals surface area contributed by atoms with Crippen LogP contribution in [0.4, 0.5) is 52.7 Å². The molecule has 2 unspecified atom stereocenters. The maximum absolute atomic E-state index is 13.0. The third-order valence-corrected chi connectivity index (χ3v) is 14.5. The molecule has 0 aromatic heterocycles. The summed E-state index contributed by atoms with van der Waals surface area (Å²) >= 11 is 0. The number of alkyl halides is 12. The molecule has 0 radical (unpaired) electrons. The van der Waals surface area contributed by atoms with E-state index >= 15 is 0 Å². The predicted molar refractivity (Wildman–Crippen MR) is 88.3 cm³/mol. The highest BCUT2D eigenvalue weighted by atomic mass is 28.5. The lowest BCUT2D eigenvalue weighted by Crippen LogP contribution is -2.73. The first-order valence-electron chi connectivity index (χ1n) is 8.62. The summed E-state index contributed by atoms with van der Waals surface area (Å²) in [6.07, 6.45) is -34.3. The summed E-state index contributed by atoms with van der Waals surface area (Å²) in [6, 6.07) is 0. The lowest BCUT2D eigenvalue weighted by atomic mass is 10.3. The third-order valence-electron chi connectivity index (χ3n) is 3.42. The number of hydrogen-bond acceptors (Lipinski definition) is 6. The molecule has 0 aromatic rings. The van der Waals surface area contributed by atoms with Gasteiger partial charge >= 0.3 is 51.1 Å². The first-order valence-corrected chi connectivity index (χ1v) is 15.3. The van der Waals surface area contributed by atoms with Crippen molar-refractivity contribution in [1.82, 2.24) is 0 Å². The zero-order chi connectivity index (χ0) is 26.5. The molecule has 1 fully saturated rings. The summed E-state index contributed by atoms with van der Waals surface area (Å²) in [7, 11) is -15.3. The second-order valence-electron chi connectivity index (χ2n) is 7.22. The second-order valence-corrected chi connectivity index (χ2v) is 15.6. The molecular weight excluding hydrogens is 552 g/mol. The summed E-state index contributed by atoms with van der Waals surface area (Å²) in [5, 5.41) is 0. The van der Waals surface area contributed by atoms with Crippen molar-refractivity contribution in [3.8, 4) is 0 Å². The first kappa shape index (κ1) is 30.6. The second kappa shape index (κ2) is 9.22. The molecule has 0 aromatic carbocycles. The molecule has 1 rings (SSSR count). The van der Waals surface area contributed by atoms with Crippen LogP contribution in [0.5, 0.6) is 0 Å². The van der Waals surface area contributed by atoms with Crippen molar-refractivity contribution >= 4 is 26.4 Å². The van der Waals surface area contributed by atoms with E-state index in [0.717, 1.165) is 6.55 Å². The van der Waals surface area contributed by atoms with Gasteiger partial charge in [-0.1, -0.05) is 0 Å². The Hall–Kier alpha value is -0.429. The largest absolute Gasteiger partial charge is 0.483 e. The molecule has 2 atom stereocenters. The standard InChI is InChI=1S/C12H18F12O6Si3/c1-6(2)25-31(3)28-32(4,26-7(9(13,14)15)10(16,17)18)30-33(5,29-31)27-8(11(19,20)21)12(22,23)24/h6-8H,1-5H3. The van der Waals surface area contributed by atoms with Crippen LogP contribution >= 0.6 is 0 Å². The van der Waals surface area contributed by atoms with Gasteiger partial charge in [-0.05, 0) is 13.8 Å². The van der Waals surface area contributed by atoms with Gasteiger partial charge in [0.1, 0.15) is 0 Å². The van der Waals surface area contributed by atoms with Crippen molar-refractivity contribution < 1.29 is 78.3 Å². The summed E-state index contributed by atoms with van der Waals surface area (Å²) in [4.78, 5) is 0. The van der Waals surface area contributed by atoms with Crippen molar-refractivity contribution in [2.75, 3.05) is 0 Å². The predicted octanol–water partition coefficient (Wildman–Crippen LogP) is 5.20. The Kier molecular flexibility index (Phi) is 8.55. The highest BCUT2D eigenvalue weighted by Gasteiger charge is 2.70.